The van der Waals surface area contributed by atoms with E-state index in [0.717, 1.165) is 18.2 Å². The van der Waals surface area contributed by atoms with E-state index in [1.165, 1.54) is 12.1 Å². The molecule has 0 saturated carbocycles. The van der Waals surface area contributed by atoms with Crippen LogP contribution in [0, 0.1) is 0 Å². The first-order chi connectivity index (χ1) is 13.8. The molecule has 0 heterocycles. The first-order valence-electron chi connectivity index (χ1n) is 7.85. The number of amides is 1. The van der Waals surface area contributed by atoms with E-state index < -0.39 is 27.6 Å². The topological polar surface area (TPSA) is 53.2 Å². The van der Waals surface area contributed by atoms with Crippen molar-refractivity contribution in [2.45, 2.75) is 16.1 Å². The van der Waals surface area contributed by atoms with Crippen LogP contribution < -0.4 is 16.0 Å². The van der Waals surface area contributed by atoms with E-state index >= 15 is 0 Å². The van der Waals surface area contributed by atoms with Crippen molar-refractivity contribution in [2.75, 3.05) is 5.32 Å². The highest BCUT2D eigenvalue weighted by Crippen LogP contribution is 2.34. The monoisotopic (exact) mass is 537 g/mol. The van der Waals surface area contributed by atoms with E-state index in [4.69, 9.17) is 70.2 Å². The second-order valence-corrected chi connectivity index (χ2v) is 9.37. The molecule has 1 unspecified atom stereocenters. The maximum Gasteiger partial charge on any atom is 0.416 e. The number of thiocarbonyl (C=S) groups is 1. The molecule has 2 aromatic rings. The number of rotatable bonds is 4. The van der Waals surface area contributed by atoms with Crippen molar-refractivity contribution in [1.82, 2.24) is 10.6 Å². The fourth-order valence-electron chi connectivity index (χ4n) is 2.13. The number of hydrogen-bond acceptors (Lipinski definition) is 2. The molecule has 0 aliphatic rings. The first kappa shape index (κ1) is 25.1. The van der Waals surface area contributed by atoms with Gasteiger partial charge in [0, 0.05) is 10.6 Å². The van der Waals surface area contributed by atoms with Crippen LogP contribution in [0.4, 0.5) is 18.9 Å². The zero-order valence-corrected chi connectivity index (χ0v) is 19.1. The molecular weight excluding hydrogens is 529 g/mol. The molecule has 0 bridgehead atoms. The lowest BCUT2D eigenvalue weighted by Gasteiger charge is -2.28. The van der Waals surface area contributed by atoms with Gasteiger partial charge in [0.1, 0.15) is 6.17 Å². The van der Waals surface area contributed by atoms with Crippen LogP contribution in [-0.4, -0.2) is 21.0 Å². The number of carbonyl (C=O) groups is 1. The number of alkyl halides is 6. The summed E-state index contributed by atoms with van der Waals surface area (Å²) < 4.78 is 36.7. The molecule has 1 amide bonds. The molecule has 0 aliphatic heterocycles. The lowest BCUT2D eigenvalue weighted by atomic mass is 10.2. The molecule has 1 atom stereocenters. The fraction of sp³-hybridized carbons (Fsp3) is 0.176. The smallest absolute Gasteiger partial charge is 0.339 e. The molecule has 3 N–H and O–H groups in total. The number of anilines is 1. The van der Waals surface area contributed by atoms with Gasteiger partial charge >= 0.3 is 6.18 Å². The van der Waals surface area contributed by atoms with Crippen LogP contribution in [-0.2, 0) is 6.18 Å². The Kier molecular flexibility index (Phi) is 8.35. The van der Waals surface area contributed by atoms with E-state index in [1.807, 2.05) is 0 Å². The van der Waals surface area contributed by atoms with Crippen LogP contribution in [0.2, 0.25) is 10.0 Å². The minimum Gasteiger partial charge on any atom is -0.339 e. The van der Waals surface area contributed by atoms with E-state index in [0.29, 0.717) is 5.02 Å². The minimum absolute atomic E-state index is 0.0273. The lowest BCUT2D eigenvalue weighted by molar-refractivity contribution is -0.137. The summed E-state index contributed by atoms with van der Waals surface area (Å²) in [5.41, 5.74) is -0.888. The van der Waals surface area contributed by atoms with E-state index in [1.54, 1.807) is 12.1 Å². The zero-order chi connectivity index (χ0) is 22.7. The highest BCUT2D eigenvalue weighted by molar-refractivity contribution is 7.80. The quantitative estimate of drug-likeness (QED) is 0.238. The summed E-state index contributed by atoms with van der Waals surface area (Å²) in [4.78, 5) is 12.4. The summed E-state index contributed by atoms with van der Waals surface area (Å²) in [6.45, 7) is 0. The highest BCUT2D eigenvalue weighted by Gasteiger charge is 2.35. The molecule has 0 saturated heterocycles. The maximum absolute atomic E-state index is 12.9. The van der Waals surface area contributed by atoms with Crippen LogP contribution in [0.25, 0.3) is 0 Å². The third-order valence-corrected chi connectivity index (χ3v) is 4.95. The van der Waals surface area contributed by atoms with Gasteiger partial charge in [0.25, 0.3) is 5.91 Å². The van der Waals surface area contributed by atoms with Crippen molar-refractivity contribution in [1.29, 1.82) is 0 Å². The van der Waals surface area contributed by atoms with Gasteiger partial charge in [-0.2, -0.15) is 13.2 Å². The Morgan fingerprint density at radius 1 is 1.00 bits per heavy atom. The predicted octanol–water partition coefficient (Wildman–Crippen LogP) is 6.42. The van der Waals surface area contributed by atoms with Crippen molar-refractivity contribution in [3.8, 4) is 0 Å². The molecule has 30 heavy (non-hydrogen) atoms. The summed E-state index contributed by atoms with van der Waals surface area (Å²) in [6.07, 6.45) is -5.93. The van der Waals surface area contributed by atoms with Crippen molar-refractivity contribution >= 4 is 86.9 Å². The van der Waals surface area contributed by atoms with Crippen LogP contribution >= 0.6 is 70.2 Å². The van der Waals surface area contributed by atoms with Gasteiger partial charge in [0.2, 0.25) is 3.79 Å². The summed E-state index contributed by atoms with van der Waals surface area (Å²) in [6, 6.07) is 8.64. The molecule has 0 aliphatic carbocycles. The Morgan fingerprint density at radius 2 is 1.67 bits per heavy atom. The van der Waals surface area contributed by atoms with Crippen molar-refractivity contribution in [2.24, 2.45) is 0 Å². The Bertz CT molecular complexity index is 953. The van der Waals surface area contributed by atoms with Gasteiger partial charge in [-0.3, -0.25) is 4.79 Å². The Hall–Kier alpha value is -1.16. The molecule has 2 rings (SSSR count). The summed E-state index contributed by atoms with van der Waals surface area (Å²) in [5, 5.41) is 7.47. The van der Waals surface area contributed by atoms with Crippen molar-refractivity contribution < 1.29 is 18.0 Å². The average Bonchev–Trinajstić information content (AvgIpc) is 2.61. The molecule has 2 aromatic carbocycles. The fourth-order valence-corrected chi connectivity index (χ4v) is 3.04. The Morgan fingerprint density at radius 3 is 2.23 bits per heavy atom. The van der Waals surface area contributed by atoms with Crippen LogP contribution in [0.3, 0.4) is 0 Å². The molecule has 0 aromatic heterocycles. The largest absolute Gasteiger partial charge is 0.416 e. The van der Waals surface area contributed by atoms with Gasteiger partial charge in [0.15, 0.2) is 5.11 Å². The van der Waals surface area contributed by atoms with E-state index in [9.17, 15) is 18.0 Å². The third kappa shape index (κ3) is 7.21. The molecule has 0 fully saturated rings. The molecule has 0 spiro atoms. The second-order valence-electron chi connectivity index (χ2n) is 5.75. The maximum atomic E-state index is 12.9. The van der Waals surface area contributed by atoms with Crippen molar-refractivity contribution in [3.63, 3.8) is 0 Å². The van der Waals surface area contributed by atoms with Gasteiger partial charge in [-0.15, -0.1) is 0 Å². The molecule has 13 heteroatoms. The summed E-state index contributed by atoms with van der Waals surface area (Å²) in [7, 11) is 0. The predicted molar refractivity (Wildman–Crippen MR) is 119 cm³/mol. The number of carbonyl (C=O) groups excluding carboxylic acids is 1. The average molecular weight is 540 g/mol. The normalized spacial score (nSPS) is 12.8. The van der Waals surface area contributed by atoms with Gasteiger partial charge in [0.05, 0.1) is 16.3 Å². The number of benzene rings is 2. The highest BCUT2D eigenvalue weighted by atomic mass is 35.6. The second kappa shape index (κ2) is 9.97. The van der Waals surface area contributed by atoms with Crippen LogP contribution in [0.5, 0.6) is 0 Å². The molecule has 162 valence electrons. The summed E-state index contributed by atoms with van der Waals surface area (Å²) in [5.74, 6) is -0.638. The van der Waals surface area contributed by atoms with E-state index in [-0.39, 0.29) is 21.4 Å². The number of nitrogens with one attached hydrogen (secondary N) is 3. The van der Waals surface area contributed by atoms with Gasteiger partial charge < -0.3 is 16.0 Å². The summed E-state index contributed by atoms with van der Waals surface area (Å²) >= 11 is 34.5. The first-order valence-corrected chi connectivity index (χ1v) is 10.1. The standard InChI is InChI=1S/C17H11Cl5F3N3OS/c18-10-3-1-2-8(6-10)13(29)27-14(16(20,21)22)28-15(30)26-12-7-9(17(23,24)25)4-5-11(12)19/h1-7,14H,(H,27,29)(H2,26,28,30). The Balaban J connectivity index is 2.16. The van der Waals surface area contributed by atoms with Gasteiger partial charge in [-0.1, -0.05) is 64.1 Å². The number of hydrogen-bond donors (Lipinski definition) is 3. The van der Waals surface area contributed by atoms with Crippen molar-refractivity contribution in [3.05, 3.63) is 63.6 Å². The molecule has 4 nitrogen and oxygen atoms in total. The van der Waals surface area contributed by atoms with Crippen LogP contribution in [0.15, 0.2) is 42.5 Å². The molecule has 0 radical (unpaired) electrons. The Labute approximate surface area is 199 Å². The minimum atomic E-state index is -4.58. The number of halogens is 8. The van der Waals surface area contributed by atoms with Crippen LogP contribution in [0.1, 0.15) is 15.9 Å². The molecular formula is C17H11Cl5F3N3OS. The van der Waals surface area contributed by atoms with Gasteiger partial charge in [-0.25, -0.2) is 0 Å². The van der Waals surface area contributed by atoms with Gasteiger partial charge in [-0.05, 0) is 48.6 Å². The third-order valence-electron chi connectivity index (χ3n) is 3.51. The van der Waals surface area contributed by atoms with E-state index in [2.05, 4.69) is 16.0 Å². The SMILES string of the molecule is O=C(NC(NC(=S)Nc1cc(C(F)(F)F)ccc1Cl)C(Cl)(Cl)Cl)c1cccc(Cl)c1. The zero-order valence-electron chi connectivity index (χ0n) is 14.5. The lowest BCUT2D eigenvalue weighted by Crippen LogP contribution is -2.56.